The highest BCUT2D eigenvalue weighted by atomic mass is 16.3. The fourth-order valence-corrected chi connectivity index (χ4v) is 1.64. The van der Waals surface area contributed by atoms with Crippen LogP contribution in [-0.2, 0) is 0 Å². The number of carbonyl (C=O) groups is 1. The maximum absolute atomic E-state index is 11.5. The van der Waals surface area contributed by atoms with Crippen molar-refractivity contribution in [2.75, 3.05) is 0 Å². The van der Waals surface area contributed by atoms with Gasteiger partial charge in [-0.3, -0.25) is 4.79 Å². The van der Waals surface area contributed by atoms with Gasteiger partial charge in [-0.2, -0.15) is 0 Å². The molecule has 0 fully saturated rings. The molecule has 0 unspecified atom stereocenters. The van der Waals surface area contributed by atoms with Crippen molar-refractivity contribution in [3.63, 3.8) is 0 Å². The second kappa shape index (κ2) is 3.73. The lowest BCUT2D eigenvalue weighted by Crippen LogP contribution is -1.96. The van der Waals surface area contributed by atoms with E-state index in [2.05, 4.69) is 0 Å². The van der Waals surface area contributed by atoms with Gasteiger partial charge in [-0.15, -0.1) is 0 Å². The summed E-state index contributed by atoms with van der Waals surface area (Å²) in [6.45, 7) is 1.79. The molecule has 0 saturated heterocycles. The molecule has 0 spiro atoms. The molecule has 0 saturated carbocycles. The maximum atomic E-state index is 11.5. The standard InChI is InChI=1S/C13H12O2/c1-2-12(14)11-7-9-5-3-4-6-10(9)8-13(11)15/h3-8,15H,2H2,1H3. The van der Waals surface area contributed by atoms with Gasteiger partial charge in [-0.05, 0) is 22.9 Å². The van der Waals surface area contributed by atoms with E-state index in [0.29, 0.717) is 12.0 Å². The number of fused-ring (bicyclic) bond motifs is 1. The quantitative estimate of drug-likeness (QED) is 0.756. The van der Waals surface area contributed by atoms with Gasteiger partial charge in [-0.1, -0.05) is 31.2 Å². The molecule has 76 valence electrons. The van der Waals surface area contributed by atoms with E-state index < -0.39 is 0 Å². The lowest BCUT2D eigenvalue weighted by atomic mass is 10.0. The maximum Gasteiger partial charge on any atom is 0.166 e. The number of carbonyl (C=O) groups excluding carboxylic acids is 1. The van der Waals surface area contributed by atoms with E-state index in [4.69, 9.17) is 0 Å². The van der Waals surface area contributed by atoms with Gasteiger partial charge in [0, 0.05) is 6.42 Å². The van der Waals surface area contributed by atoms with Crippen molar-refractivity contribution in [1.29, 1.82) is 0 Å². The molecule has 1 N–H and O–H groups in total. The fraction of sp³-hybridized carbons (Fsp3) is 0.154. The van der Waals surface area contributed by atoms with Gasteiger partial charge in [0.2, 0.25) is 0 Å². The number of Topliss-reactive ketones (excluding diaryl/α,β-unsaturated/α-hetero) is 1. The molecule has 2 rings (SSSR count). The number of hydrogen-bond acceptors (Lipinski definition) is 2. The fourth-order valence-electron chi connectivity index (χ4n) is 1.64. The van der Waals surface area contributed by atoms with E-state index in [0.717, 1.165) is 10.8 Å². The highest BCUT2D eigenvalue weighted by Gasteiger charge is 2.09. The van der Waals surface area contributed by atoms with Crippen LogP contribution >= 0.6 is 0 Å². The summed E-state index contributed by atoms with van der Waals surface area (Å²) >= 11 is 0. The topological polar surface area (TPSA) is 37.3 Å². The van der Waals surface area contributed by atoms with E-state index in [-0.39, 0.29) is 11.5 Å². The van der Waals surface area contributed by atoms with Crippen LogP contribution in [0.3, 0.4) is 0 Å². The van der Waals surface area contributed by atoms with Crippen molar-refractivity contribution in [3.05, 3.63) is 42.0 Å². The van der Waals surface area contributed by atoms with Gasteiger partial charge in [0.1, 0.15) is 5.75 Å². The van der Waals surface area contributed by atoms with Crippen molar-refractivity contribution in [1.82, 2.24) is 0 Å². The normalized spacial score (nSPS) is 10.5. The molecule has 0 radical (unpaired) electrons. The molecular formula is C13H12O2. The van der Waals surface area contributed by atoms with Crippen LogP contribution < -0.4 is 0 Å². The van der Waals surface area contributed by atoms with Gasteiger partial charge in [0.25, 0.3) is 0 Å². The van der Waals surface area contributed by atoms with Crippen LogP contribution in [0.1, 0.15) is 23.7 Å². The van der Waals surface area contributed by atoms with Gasteiger partial charge in [0.05, 0.1) is 5.56 Å². The van der Waals surface area contributed by atoms with Crippen molar-refractivity contribution < 1.29 is 9.90 Å². The zero-order valence-electron chi connectivity index (χ0n) is 8.53. The molecule has 0 atom stereocenters. The third kappa shape index (κ3) is 1.71. The highest BCUT2D eigenvalue weighted by molar-refractivity contribution is 6.02. The molecule has 2 heteroatoms. The Labute approximate surface area is 88.2 Å². The monoisotopic (exact) mass is 200 g/mol. The Hall–Kier alpha value is -1.83. The van der Waals surface area contributed by atoms with Gasteiger partial charge in [-0.25, -0.2) is 0 Å². The number of hydrogen-bond donors (Lipinski definition) is 1. The zero-order chi connectivity index (χ0) is 10.8. The van der Waals surface area contributed by atoms with E-state index >= 15 is 0 Å². The molecule has 0 amide bonds. The zero-order valence-corrected chi connectivity index (χ0v) is 8.53. The molecular weight excluding hydrogens is 188 g/mol. The summed E-state index contributed by atoms with van der Waals surface area (Å²) in [5.41, 5.74) is 0.413. The number of ketones is 1. The summed E-state index contributed by atoms with van der Waals surface area (Å²) in [5, 5.41) is 11.6. The molecule has 0 aliphatic heterocycles. The average molecular weight is 200 g/mol. The largest absolute Gasteiger partial charge is 0.507 e. The number of aromatic hydroxyl groups is 1. The number of phenolic OH excluding ortho intramolecular Hbond substituents is 1. The third-order valence-corrected chi connectivity index (χ3v) is 2.49. The molecule has 2 aromatic carbocycles. The van der Waals surface area contributed by atoms with E-state index in [1.165, 1.54) is 0 Å². The van der Waals surface area contributed by atoms with Crippen molar-refractivity contribution >= 4 is 16.6 Å². The van der Waals surface area contributed by atoms with Crippen LogP contribution in [0.2, 0.25) is 0 Å². The molecule has 0 heterocycles. The minimum Gasteiger partial charge on any atom is -0.507 e. The number of phenols is 1. The first kappa shape index (κ1) is 9.71. The first-order chi connectivity index (χ1) is 7.22. The van der Waals surface area contributed by atoms with E-state index in [1.807, 2.05) is 24.3 Å². The Kier molecular flexibility index (Phi) is 2.42. The van der Waals surface area contributed by atoms with Gasteiger partial charge >= 0.3 is 0 Å². The van der Waals surface area contributed by atoms with Crippen LogP contribution in [-0.4, -0.2) is 10.9 Å². The van der Waals surface area contributed by atoms with Crippen molar-refractivity contribution in [3.8, 4) is 5.75 Å². The molecule has 15 heavy (non-hydrogen) atoms. The predicted octanol–water partition coefficient (Wildman–Crippen LogP) is 3.14. The second-order valence-corrected chi connectivity index (χ2v) is 3.49. The van der Waals surface area contributed by atoms with Gasteiger partial charge in [0.15, 0.2) is 5.78 Å². The molecule has 0 aliphatic rings. The van der Waals surface area contributed by atoms with Crippen LogP contribution in [0.5, 0.6) is 5.75 Å². The predicted molar refractivity (Wildman–Crippen MR) is 60.2 cm³/mol. The summed E-state index contributed by atoms with van der Waals surface area (Å²) in [4.78, 5) is 11.5. The Morgan fingerprint density at radius 1 is 1.20 bits per heavy atom. The lowest BCUT2D eigenvalue weighted by molar-refractivity contribution is 0.0986. The van der Waals surface area contributed by atoms with Crippen molar-refractivity contribution in [2.45, 2.75) is 13.3 Å². The molecule has 0 aromatic heterocycles. The SMILES string of the molecule is CCC(=O)c1cc2ccccc2cc1O. The second-order valence-electron chi connectivity index (χ2n) is 3.49. The average Bonchev–Trinajstić information content (AvgIpc) is 2.27. The van der Waals surface area contributed by atoms with E-state index in [9.17, 15) is 9.90 Å². The Balaban J connectivity index is 2.67. The summed E-state index contributed by atoms with van der Waals surface area (Å²) in [6.07, 6.45) is 0.409. The number of rotatable bonds is 2. The molecule has 2 nitrogen and oxygen atoms in total. The van der Waals surface area contributed by atoms with Crippen LogP contribution in [0, 0.1) is 0 Å². The summed E-state index contributed by atoms with van der Waals surface area (Å²) in [6, 6.07) is 11.0. The Bertz CT molecular complexity index is 515. The Morgan fingerprint density at radius 3 is 2.40 bits per heavy atom. The van der Waals surface area contributed by atoms with Crippen LogP contribution in [0.15, 0.2) is 36.4 Å². The van der Waals surface area contributed by atoms with E-state index in [1.54, 1.807) is 19.1 Å². The number of benzene rings is 2. The summed E-state index contributed by atoms with van der Waals surface area (Å²) in [7, 11) is 0. The Morgan fingerprint density at radius 2 is 1.80 bits per heavy atom. The van der Waals surface area contributed by atoms with Crippen LogP contribution in [0.25, 0.3) is 10.8 Å². The highest BCUT2D eigenvalue weighted by Crippen LogP contribution is 2.25. The van der Waals surface area contributed by atoms with Gasteiger partial charge < -0.3 is 5.11 Å². The molecule has 0 aliphatic carbocycles. The lowest BCUT2D eigenvalue weighted by Gasteiger charge is -2.04. The summed E-state index contributed by atoms with van der Waals surface area (Å²) < 4.78 is 0. The minimum atomic E-state index is -0.0294. The third-order valence-electron chi connectivity index (χ3n) is 2.49. The smallest absolute Gasteiger partial charge is 0.166 e. The first-order valence-electron chi connectivity index (χ1n) is 4.97. The molecule has 0 bridgehead atoms. The van der Waals surface area contributed by atoms with Crippen LogP contribution in [0.4, 0.5) is 0 Å². The minimum absolute atomic E-state index is 0.0294. The molecule has 2 aromatic rings. The van der Waals surface area contributed by atoms with Crippen molar-refractivity contribution in [2.24, 2.45) is 0 Å². The first-order valence-corrected chi connectivity index (χ1v) is 4.97. The summed E-state index contributed by atoms with van der Waals surface area (Å²) in [5.74, 6) is 0.0406.